The third-order valence-electron chi connectivity index (χ3n) is 3.18. The van der Waals surface area contributed by atoms with Crippen LogP contribution < -0.4 is 5.73 Å². The normalized spacial score (nSPS) is 11.2. The van der Waals surface area contributed by atoms with Crippen LogP contribution in [0.5, 0.6) is 0 Å². The molecule has 0 radical (unpaired) electrons. The van der Waals surface area contributed by atoms with E-state index in [0.717, 1.165) is 28.1 Å². The zero-order chi connectivity index (χ0) is 12.7. The van der Waals surface area contributed by atoms with Crippen molar-refractivity contribution >= 4 is 17.0 Å². The summed E-state index contributed by atoms with van der Waals surface area (Å²) >= 11 is 0. The SMILES string of the molecule is Cc1noc(C)c1Cn1c(N)nc2ccccc21. The molecule has 2 N–H and O–H groups in total. The van der Waals surface area contributed by atoms with Gasteiger partial charge >= 0.3 is 0 Å². The Bertz CT molecular complexity index is 691. The molecule has 3 rings (SSSR count). The number of benzene rings is 1. The molecule has 0 unspecified atom stereocenters. The van der Waals surface area contributed by atoms with Gasteiger partial charge in [0.05, 0.1) is 23.3 Å². The van der Waals surface area contributed by atoms with Crippen LogP contribution in [0.2, 0.25) is 0 Å². The molecule has 1 aromatic carbocycles. The molecule has 0 aliphatic carbocycles. The summed E-state index contributed by atoms with van der Waals surface area (Å²) in [6.45, 7) is 4.47. The highest BCUT2D eigenvalue weighted by molar-refractivity contribution is 5.78. The van der Waals surface area contributed by atoms with Gasteiger partial charge in [0, 0.05) is 5.56 Å². The van der Waals surface area contributed by atoms with Crippen LogP contribution in [0.3, 0.4) is 0 Å². The Morgan fingerprint density at radius 3 is 2.78 bits per heavy atom. The topological polar surface area (TPSA) is 69.9 Å². The first kappa shape index (κ1) is 10.8. The van der Waals surface area contributed by atoms with Gasteiger partial charge in [-0.1, -0.05) is 17.3 Å². The van der Waals surface area contributed by atoms with Gasteiger partial charge < -0.3 is 14.8 Å². The van der Waals surface area contributed by atoms with Crippen LogP contribution in [-0.4, -0.2) is 14.7 Å². The van der Waals surface area contributed by atoms with E-state index in [1.54, 1.807) is 0 Å². The van der Waals surface area contributed by atoms with E-state index in [2.05, 4.69) is 10.1 Å². The Kier molecular flexibility index (Phi) is 2.33. The fourth-order valence-corrected chi connectivity index (χ4v) is 2.15. The Labute approximate surface area is 104 Å². The van der Waals surface area contributed by atoms with Crippen molar-refractivity contribution in [3.05, 3.63) is 41.3 Å². The molecule has 18 heavy (non-hydrogen) atoms. The van der Waals surface area contributed by atoms with E-state index in [9.17, 15) is 0 Å². The summed E-state index contributed by atoms with van der Waals surface area (Å²) in [6, 6.07) is 7.90. The lowest BCUT2D eigenvalue weighted by Gasteiger charge is -2.05. The average Bonchev–Trinajstić information content (AvgIpc) is 2.84. The molecule has 0 amide bonds. The van der Waals surface area contributed by atoms with Crippen molar-refractivity contribution in [2.45, 2.75) is 20.4 Å². The molecule has 0 saturated heterocycles. The summed E-state index contributed by atoms with van der Waals surface area (Å²) in [7, 11) is 0. The van der Waals surface area contributed by atoms with Gasteiger partial charge in [-0.25, -0.2) is 4.98 Å². The maximum atomic E-state index is 5.97. The number of hydrogen-bond donors (Lipinski definition) is 1. The Morgan fingerprint density at radius 2 is 2.06 bits per heavy atom. The molecular formula is C13H14N4O. The molecule has 2 aromatic heterocycles. The predicted octanol–water partition coefficient (Wildman–Crippen LogP) is 2.27. The smallest absolute Gasteiger partial charge is 0.201 e. The monoisotopic (exact) mass is 242 g/mol. The van der Waals surface area contributed by atoms with Gasteiger partial charge in [-0.15, -0.1) is 0 Å². The summed E-state index contributed by atoms with van der Waals surface area (Å²) < 4.78 is 7.15. The molecule has 0 fully saturated rings. The molecule has 0 spiro atoms. The van der Waals surface area contributed by atoms with E-state index in [4.69, 9.17) is 10.3 Å². The zero-order valence-electron chi connectivity index (χ0n) is 10.3. The van der Waals surface area contributed by atoms with Crippen LogP contribution in [0.25, 0.3) is 11.0 Å². The van der Waals surface area contributed by atoms with Crippen LogP contribution in [0.1, 0.15) is 17.0 Å². The number of nitrogen functional groups attached to an aromatic ring is 1. The Hall–Kier alpha value is -2.30. The molecule has 0 bridgehead atoms. The first-order valence-electron chi connectivity index (χ1n) is 5.79. The summed E-state index contributed by atoms with van der Waals surface area (Å²) in [4.78, 5) is 4.34. The van der Waals surface area contributed by atoms with Gasteiger partial charge in [-0.05, 0) is 26.0 Å². The molecule has 5 heteroatoms. The first-order chi connectivity index (χ1) is 8.66. The van der Waals surface area contributed by atoms with Crippen molar-refractivity contribution in [3.63, 3.8) is 0 Å². The van der Waals surface area contributed by atoms with Crippen molar-refractivity contribution in [2.24, 2.45) is 0 Å². The number of para-hydroxylation sites is 2. The molecular weight excluding hydrogens is 228 g/mol. The number of rotatable bonds is 2. The largest absolute Gasteiger partial charge is 0.369 e. The molecule has 5 nitrogen and oxygen atoms in total. The fourth-order valence-electron chi connectivity index (χ4n) is 2.15. The summed E-state index contributed by atoms with van der Waals surface area (Å²) in [6.07, 6.45) is 0. The number of imidazole rings is 1. The third kappa shape index (κ3) is 1.55. The highest BCUT2D eigenvalue weighted by atomic mass is 16.5. The summed E-state index contributed by atoms with van der Waals surface area (Å²) in [5.74, 6) is 1.33. The molecule has 92 valence electrons. The maximum Gasteiger partial charge on any atom is 0.201 e. The van der Waals surface area contributed by atoms with Gasteiger partial charge in [0.2, 0.25) is 5.95 Å². The number of aryl methyl sites for hydroxylation is 2. The van der Waals surface area contributed by atoms with E-state index < -0.39 is 0 Å². The number of fused-ring (bicyclic) bond motifs is 1. The lowest BCUT2D eigenvalue weighted by atomic mass is 10.2. The fraction of sp³-hybridized carbons (Fsp3) is 0.231. The van der Waals surface area contributed by atoms with Crippen molar-refractivity contribution in [1.29, 1.82) is 0 Å². The van der Waals surface area contributed by atoms with Crippen LogP contribution in [0, 0.1) is 13.8 Å². The minimum absolute atomic E-state index is 0.510. The summed E-state index contributed by atoms with van der Waals surface area (Å²) in [5, 5.41) is 3.96. The number of nitrogens with two attached hydrogens (primary N) is 1. The third-order valence-corrected chi connectivity index (χ3v) is 3.18. The van der Waals surface area contributed by atoms with E-state index in [-0.39, 0.29) is 0 Å². The highest BCUT2D eigenvalue weighted by Gasteiger charge is 2.13. The van der Waals surface area contributed by atoms with Gasteiger partial charge in [0.1, 0.15) is 5.76 Å². The average molecular weight is 242 g/mol. The van der Waals surface area contributed by atoms with Gasteiger partial charge in [-0.3, -0.25) is 0 Å². The second-order valence-corrected chi connectivity index (χ2v) is 4.35. The number of anilines is 1. The standard InChI is InChI=1S/C13H14N4O/c1-8-10(9(2)18-16-8)7-17-12-6-4-3-5-11(12)15-13(17)14/h3-6H,7H2,1-2H3,(H2,14,15). The molecule has 0 aliphatic rings. The van der Waals surface area contributed by atoms with Crippen LogP contribution >= 0.6 is 0 Å². The van der Waals surface area contributed by atoms with Crippen LogP contribution in [-0.2, 0) is 6.54 Å². The first-order valence-corrected chi connectivity index (χ1v) is 5.79. The van der Waals surface area contributed by atoms with Crippen LogP contribution in [0.15, 0.2) is 28.8 Å². The molecule has 2 heterocycles. The molecule has 0 atom stereocenters. The van der Waals surface area contributed by atoms with E-state index >= 15 is 0 Å². The van der Waals surface area contributed by atoms with Crippen molar-refractivity contribution in [1.82, 2.24) is 14.7 Å². The number of aromatic nitrogens is 3. The van der Waals surface area contributed by atoms with E-state index in [1.807, 2.05) is 42.7 Å². The highest BCUT2D eigenvalue weighted by Crippen LogP contribution is 2.21. The van der Waals surface area contributed by atoms with Crippen molar-refractivity contribution < 1.29 is 4.52 Å². The maximum absolute atomic E-state index is 5.97. The summed E-state index contributed by atoms with van der Waals surface area (Å²) in [5.41, 5.74) is 9.85. The quantitative estimate of drug-likeness (QED) is 0.748. The molecule has 0 saturated carbocycles. The minimum Gasteiger partial charge on any atom is -0.369 e. The zero-order valence-corrected chi connectivity index (χ0v) is 10.3. The molecule has 3 aromatic rings. The van der Waals surface area contributed by atoms with Crippen LogP contribution in [0.4, 0.5) is 5.95 Å². The number of nitrogens with zero attached hydrogens (tertiary/aromatic N) is 3. The van der Waals surface area contributed by atoms with Crippen molar-refractivity contribution in [2.75, 3.05) is 5.73 Å². The number of hydrogen-bond acceptors (Lipinski definition) is 4. The Balaban J connectivity index is 2.13. The predicted molar refractivity (Wildman–Crippen MR) is 69.2 cm³/mol. The second kappa shape index (κ2) is 3.87. The van der Waals surface area contributed by atoms with E-state index in [1.165, 1.54) is 0 Å². The van der Waals surface area contributed by atoms with Gasteiger partial charge in [-0.2, -0.15) is 0 Å². The minimum atomic E-state index is 0.510. The second-order valence-electron chi connectivity index (χ2n) is 4.35. The lowest BCUT2D eigenvalue weighted by molar-refractivity contribution is 0.392. The Morgan fingerprint density at radius 1 is 1.28 bits per heavy atom. The molecule has 0 aliphatic heterocycles. The van der Waals surface area contributed by atoms with E-state index in [0.29, 0.717) is 12.5 Å². The van der Waals surface area contributed by atoms with Gasteiger partial charge in [0.25, 0.3) is 0 Å². The lowest BCUT2D eigenvalue weighted by Crippen LogP contribution is -2.05. The van der Waals surface area contributed by atoms with Gasteiger partial charge in [0.15, 0.2) is 0 Å². The van der Waals surface area contributed by atoms with Crippen molar-refractivity contribution in [3.8, 4) is 0 Å².